The summed E-state index contributed by atoms with van der Waals surface area (Å²) in [6.07, 6.45) is 2.75. The molecule has 4 rings (SSSR count). The Kier molecular flexibility index (Phi) is 6.14. The summed E-state index contributed by atoms with van der Waals surface area (Å²) in [6.45, 7) is 3.68. The second-order valence-corrected chi connectivity index (χ2v) is 7.64. The number of carboxylic acid groups (broad SMARTS) is 1. The van der Waals surface area contributed by atoms with Gasteiger partial charge >= 0.3 is 5.97 Å². The Morgan fingerprint density at radius 1 is 1.17 bits per heavy atom. The van der Waals surface area contributed by atoms with Crippen LogP contribution in [0.3, 0.4) is 0 Å². The topological polar surface area (TPSA) is 75.8 Å². The maximum atomic E-state index is 11.5. The summed E-state index contributed by atoms with van der Waals surface area (Å²) >= 11 is 0. The smallest absolute Gasteiger partial charge is 0.320 e. The Morgan fingerprint density at radius 2 is 1.93 bits per heavy atom. The molecule has 0 saturated carbocycles. The molecule has 1 fully saturated rings. The number of carbonyl (C=O) groups is 1. The van der Waals surface area contributed by atoms with Gasteiger partial charge in [-0.15, -0.1) is 0 Å². The summed E-state index contributed by atoms with van der Waals surface area (Å²) in [7, 11) is 0. The molecular weight excluding hydrogens is 380 g/mol. The number of carboxylic acids is 1. The van der Waals surface area contributed by atoms with E-state index in [2.05, 4.69) is 4.98 Å². The molecule has 0 spiro atoms. The monoisotopic (exact) mass is 406 g/mol. The van der Waals surface area contributed by atoms with Gasteiger partial charge in [-0.25, -0.2) is 4.98 Å². The van der Waals surface area contributed by atoms with Crippen LogP contribution in [0, 0.1) is 6.92 Å². The number of oxazole rings is 1. The highest BCUT2D eigenvalue weighted by molar-refractivity contribution is 5.73. The minimum absolute atomic E-state index is 0.328. The molecular formula is C24H26N2O4. The van der Waals surface area contributed by atoms with Crippen LogP contribution < -0.4 is 4.74 Å². The van der Waals surface area contributed by atoms with E-state index in [1.165, 1.54) is 0 Å². The van der Waals surface area contributed by atoms with Crippen LogP contribution in [0.4, 0.5) is 0 Å². The van der Waals surface area contributed by atoms with Crippen LogP contribution in [0.15, 0.2) is 59.0 Å². The molecule has 1 N–H and O–H groups in total. The van der Waals surface area contributed by atoms with E-state index in [9.17, 15) is 9.90 Å². The second-order valence-electron chi connectivity index (χ2n) is 7.64. The van der Waals surface area contributed by atoms with Crippen LogP contribution in [-0.4, -0.2) is 33.5 Å². The lowest BCUT2D eigenvalue weighted by molar-refractivity contribution is -0.144. The molecule has 6 nitrogen and oxygen atoms in total. The first-order chi connectivity index (χ1) is 14.6. The largest absolute Gasteiger partial charge is 0.487 e. The average molecular weight is 406 g/mol. The van der Waals surface area contributed by atoms with Crippen LogP contribution in [0.2, 0.25) is 0 Å². The molecule has 1 saturated heterocycles. The molecule has 1 aliphatic rings. The number of aromatic nitrogens is 1. The summed E-state index contributed by atoms with van der Waals surface area (Å²) < 4.78 is 11.7. The predicted molar refractivity (Wildman–Crippen MR) is 113 cm³/mol. The van der Waals surface area contributed by atoms with Crippen molar-refractivity contribution in [3.63, 3.8) is 0 Å². The number of likely N-dealkylation sites (tertiary alicyclic amines) is 1. The number of rotatable bonds is 7. The zero-order chi connectivity index (χ0) is 20.9. The van der Waals surface area contributed by atoms with Crippen LogP contribution in [0.5, 0.6) is 5.75 Å². The summed E-state index contributed by atoms with van der Waals surface area (Å²) in [5, 5.41) is 9.43. The minimum atomic E-state index is -0.729. The fourth-order valence-electron chi connectivity index (χ4n) is 3.80. The molecule has 2 heterocycles. The standard InChI is InChI=1S/C24H26N2O4/c1-17-21(25-23(30-17)19-7-3-2-4-8-19)16-29-20-12-10-18(11-13-20)15-26-14-6-5-9-22(26)24(27)28/h2-4,7-8,10-13,22H,5-6,9,14-16H2,1H3,(H,27,28). The van der Waals surface area contributed by atoms with E-state index >= 15 is 0 Å². The molecule has 1 atom stereocenters. The number of hydrogen-bond donors (Lipinski definition) is 1. The zero-order valence-corrected chi connectivity index (χ0v) is 17.1. The number of hydrogen-bond acceptors (Lipinski definition) is 5. The van der Waals surface area contributed by atoms with E-state index in [1.807, 2.05) is 66.4 Å². The van der Waals surface area contributed by atoms with Crippen molar-refractivity contribution in [2.45, 2.75) is 45.4 Å². The van der Waals surface area contributed by atoms with Crippen molar-refractivity contribution < 1.29 is 19.1 Å². The van der Waals surface area contributed by atoms with Crippen molar-refractivity contribution in [2.24, 2.45) is 0 Å². The van der Waals surface area contributed by atoms with Gasteiger partial charge in [-0.3, -0.25) is 9.69 Å². The molecule has 156 valence electrons. The molecule has 0 bridgehead atoms. The molecule has 0 aliphatic carbocycles. The zero-order valence-electron chi connectivity index (χ0n) is 17.1. The SMILES string of the molecule is Cc1oc(-c2ccccc2)nc1COc1ccc(CN2CCCCC2C(=O)O)cc1. The Labute approximate surface area is 176 Å². The molecule has 3 aromatic rings. The second kappa shape index (κ2) is 9.13. The number of piperidine rings is 1. The number of nitrogens with zero attached hydrogens (tertiary/aromatic N) is 2. The third-order valence-electron chi connectivity index (χ3n) is 5.50. The van der Waals surface area contributed by atoms with Gasteiger partial charge in [-0.1, -0.05) is 36.8 Å². The summed E-state index contributed by atoms with van der Waals surface area (Å²) in [4.78, 5) is 18.1. The Morgan fingerprint density at radius 3 is 2.67 bits per heavy atom. The number of aliphatic carboxylic acids is 1. The Hall–Kier alpha value is -3.12. The van der Waals surface area contributed by atoms with Crippen molar-refractivity contribution in [1.82, 2.24) is 9.88 Å². The van der Waals surface area contributed by atoms with Crippen molar-refractivity contribution in [1.29, 1.82) is 0 Å². The van der Waals surface area contributed by atoms with E-state index in [1.54, 1.807) is 0 Å². The van der Waals surface area contributed by atoms with Crippen molar-refractivity contribution in [3.05, 3.63) is 71.6 Å². The molecule has 6 heteroatoms. The fourth-order valence-corrected chi connectivity index (χ4v) is 3.80. The predicted octanol–water partition coefficient (Wildman–Crippen LogP) is 4.67. The summed E-state index contributed by atoms with van der Waals surface area (Å²) in [6, 6.07) is 17.2. The average Bonchev–Trinajstić information content (AvgIpc) is 3.15. The highest BCUT2D eigenvalue weighted by Gasteiger charge is 2.28. The minimum Gasteiger partial charge on any atom is -0.487 e. The lowest BCUT2D eigenvalue weighted by Crippen LogP contribution is -2.43. The van der Waals surface area contributed by atoms with Crippen LogP contribution in [0.1, 0.15) is 36.3 Å². The summed E-state index contributed by atoms with van der Waals surface area (Å²) in [5.41, 5.74) is 2.80. The van der Waals surface area contributed by atoms with Gasteiger partial charge in [0.05, 0.1) is 0 Å². The maximum Gasteiger partial charge on any atom is 0.320 e. The van der Waals surface area contributed by atoms with Crippen LogP contribution in [-0.2, 0) is 17.9 Å². The molecule has 1 unspecified atom stereocenters. The first-order valence-electron chi connectivity index (χ1n) is 10.3. The number of benzene rings is 2. The third kappa shape index (κ3) is 4.71. The molecule has 0 radical (unpaired) electrons. The Bertz CT molecular complexity index is 982. The molecule has 0 amide bonds. The Balaban J connectivity index is 1.36. The number of ether oxygens (including phenoxy) is 1. The molecule has 30 heavy (non-hydrogen) atoms. The first kappa shape index (κ1) is 20.2. The molecule has 1 aromatic heterocycles. The van der Waals surface area contributed by atoms with E-state index in [0.717, 1.165) is 54.1 Å². The quantitative estimate of drug-likeness (QED) is 0.615. The fraction of sp³-hybridized carbons (Fsp3) is 0.333. The summed E-state index contributed by atoms with van der Waals surface area (Å²) in [5.74, 6) is 1.36. The van der Waals surface area contributed by atoms with E-state index in [-0.39, 0.29) is 6.04 Å². The van der Waals surface area contributed by atoms with Gasteiger partial charge in [0.1, 0.15) is 29.9 Å². The lowest BCUT2D eigenvalue weighted by atomic mass is 10.0. The lowest BCUT2D eigenvalue weighted by Gasteiger charge is -2.32. The van der Waals surface area contributed by atoms with Crippen molar-refractivity contribution >= 4 is 5.97 Å². The van der Waals surface area contributed by atoms with Gasteiger partial charge in [0.2, 0.25) is 5.89 Å². The van der Waals surface area contributed by atoms with Gasteiger partial charge in [-0.05, 0) is 56.1 Å². The van der Waals surface area contributed by atoms with E-state index < -0.39 is 5.97 Å². The van der Waals surface area contributed by atoms with Gasteiger partial charge in [0.25, 0.3) is 0 Å². The number of aryl methyl sites for hydroxylation is 1. The van der Waals surface area contributed by atoms with Gasteiger partial charge in [0.15, 0.2) is 0 Å². The first-order valence-corrected chi connectivity index (χ1v) is 10.3. The third-order valence-corrected chi connectivity index (χ3v) is 5.50. The van der Waals surface area contributed by atoms with Crippen molar-refractivity contribution in [2.75, 3.05) is 6.54 Å². The van der Waals surface area contributed by atoms with Gasteiger partial charge in [-0.2, -0.15) is 0 Å². The van der Waals surface area contributed by atoms with E-state index in [0.29, 0.717) is 19.0 Å². The molecule has 2 aromatic carbocycles. The van der Waals surface area contributed by atoms with E-state index in [4.69, 9.17) is 9.15 Å². The normalized spacial score (nSPS) is 17.0. The highest BCUT2D eigenvalue weighted by Crippen LogP contribution is 2.24. The van der Waals surface area contributed by atoms with Crippen molar-refractivity contribution in [3.8, 4) is 17.2 Å². The van der Waals surface area contributed by atoms with Gasteiger partial charge < -0.3 is 14.3 Å². The molecule has 1 aliphatic heterocycles. The van der Waals surface area contributed by atoms with Crippen LogP contribution in [0.25, 0.3) is 11.5 Å². The highest BCUT2D eigenvalue weighted by atomic mass is 16.5. The maximum absolute atomic E-state index is 11.5. The van der Waals surface area contributed by atoms with Gasteiger partial charge in [0, 0.05) is 12.1 Å². The van der Waals surface area contributed by atoms with Crippen LogP contribution >= 0.6 is 0 Å².